The highest BCUT2D eigenvalue weighted by molar-refractivity contribution is 5.75. The van der Waals surface area contributed by atoms with Crippen molar-refractivity contribution in [3.8, 4) is 0 Å². The fourth-order valence-electron chi connectivity index (χ4n) is 2.00. The van der Waals surface area contributed by atoms with Gasteiger partial charge >= 0.3 is 0 Å². The van der Waals surface area contributed by atoms with E-state index in [-0.39, 0.29) is 5.91 Å². The average molecular weight is 267 g/mol. The van der Waals surface area contributed by atoms with Gasteiger partial charge in [0.2, 0.25) is 5.91 Å². The molecule has 5 heteroatoms. The molecule has 0 aliphatic carbocycles. The van der Waals surface area contributed by atoms with E-state index in [1.54, 1.807) is 7.11 Å². The van der Waals surface area contributed by atoms with Crippen molar-refractivity contribution in [3.63, 3.8) is 0 Å². The van der Waals surface area contributed by atoms with E-state index in [0.717, 1.165) is 36.3 Å². The van der Waals surface area contributed by atoms with Crippen LogP contribution < -0.4 is 5.32 Å². The Hall–Kier alpha value is -1.36. The summed E-state index contributed by atoms with van der Waals surface area (Å²) in [5.74, 6) is 0.116. The van der Waals surface area contributed by atoms with Crippen molar-refractivity contribution in [2.24, 2.45) is 0 Å². The lowest BCUT2D eigenvalue weighted by atomic mass is 10.2. The second-order valence-corrected chi connectivity index (χ2v) is 4.75. The van der Waals surface area contributed by atoms with Gasteiger partial charge in [0, 0.05) is 31.3 Å². The van der Waals surface area contributed by atoms with Crippen LogP contribution in [-0.2, 0) is 22.6 Å². The lowest BCUT2D eigenvalue weighted by molar-refractivity contribution is -0.121. The lowest BCUT2D eigenvalue weighted by Gasteiger charge is -2.06. The lowest BCUT2D eigenvalue weighted by Crippen LogP contribution is -2.23. The van der Waals surface area contributed by atoms with Crippen molar-refractivity contribution >= 4 is 5.91 Å². The van der Waals surface area contributed by atoms with Crippen LogP contribution in [0.1, 0.15) is 43.1 Å². The molecule has 1 heterocycles. The molecule has 0 aromatic carbocycles. The number of nitrogens with one attached hydrogen (secondary N) is 1. The molecule has 0 aliphatic rings. The first kappa shape index (κ1) is 15.7. The summed E-state index contributed by atoms with van der Waals surface area (Å²) in [4.78, 5) is 11.6. The molecule has 0 radical (unpaired) electrons. The molecule has 108 valence electrons. The van der Waals surface area contributed by atoms with Gasteiger partial charge in [0.15, 0.2) is 0 Å². The molecule has 5 nitrogen and oxygen atoms in total. The molecule has 0 aliphatic heterocycles. The number of unbranched alkanes of at least 4 members (excludes halogenated alkanes) is 1. The van der Waals surface area contributed by atoms with Crippen LogP contribution in [0.4, 0.5) is 0 Å². The van der Waals surface area contributed by atoms with Gasteiger partial charge < -0.3 is 10.1 Å². The van der Waals surface area contributed by atoms with Crippen LogP contribution in [0.5, 0.6) is 0 Å². The van der Waals surface area contributed by atoms with Crippen LogP contribution in [0, 0.1) is 13.8 Å². The third-order valence-electron chi connectivity index (χ3n) is 3.26. The van der Waals surface area contributed by atoms with Crippen molar-refractivity contribution in [2.75, 3.05) is 13.7 Å². The van der Waals surface area contributed by atoms with E-state index in [1.165, 1.54) is 0 Å². The molecule has 0 saturated heterocycles. The van der Waals surface area contributed by atoms with E-state index in [4.69, 9.17) is 4.74 Å². The molecule has 1 N–H and O–H groups in total. The molecule has 1 amide bonds. The Labute approximate surface area is 115 Å². The zero-order valence-electron chi connectivity index (χ0n) is 12.5. The predicted molar refractivity (Wildman–Crippen MR) is 74.9 cm³/mol. The number of aromatic nitrogens is 2. The van der Waals surface area contributed by atoms with Gasteiger partial charge in [0.05, 0.1) is 18.8 Å². The fraction of sp³-hybridized carbons (Fsp3) is 0.714. The Morgan fingerprint density at radius 3 is 2.79 bits per heavy atom. The first-order valence-corrected chi connectivity index (χ1v) is 6.88. The molecule has 0 atom stereocenters. The van der Waals surface area contributed by atoms with Crippen LogP contribution in [0.2, 0.25) is 0 Å². The molecule has 1 aromatic rings. The molecule has 1 rings (SSSR count). The highest BCUT2D eigenvalue weighted by atomic mass is 16.5. The van der Waals surface area contributed by atoms with E-state index in [0.29, 0.717) is 19.6 Å². The summed E-state index contributed by atoms with van der Waals surface area (Å²) in [6, 6.07) is 0. The van der Waals surface area contributed by atoms with Gasteiger partial charge in [-0.1, -0.05) is 13.3 Å². The maximum Gasteiger partial charge on any atom is 0.220 e. The number of amides is 1. The normalized spacial score (nSPS) is 10.7. The van der Waals surface area contributed by atoms with E-state index in [2.05, 4.69) is 17.3 Å². The number of aryl methyl sites for hydroxylation is 1. The Kier molecular flexibility index (Phi) is 6.56. The number of hydrogen-bond donors (Lipinski definition) is 1. The Balaban J connectivity index is 2.58. The van der Waals surface area contributed by atoms with Crippen LogP contribution in [-0.4, -0.2) is 29.4 Å². The Morgan fingerprint density at radius 1 is 1.42 bits per heavy atom. The van der Waals surface area contributed by atoms with Gasteiger partial charge in [-0.15, -0.1) is 0 Å². The van der Waals surface area contributed by atoms with E-state index < -0.39 is 0 Å². The second kappa shape index (κ2) is 7.94. The monoisotopic (exact) mass is 267 g/mol. The van der Waals surface area contributed by atoms with Crippen LogP contribution in [0.3, 0.4) is 0 Å². The predicted octanol–water partition coefficient (Wildman–Crippen LogP) is 1.95. The molecule has 0 saturated carbocycles. The standard InChI is InChI=1S/C14H25N3O2/c1-5-6-7-14(18)15-10-13-11(2)16-17(12(13)3)8-9-19-4/h5-10H2,1-4H3,(H,15,18). The highest BCUT2D eigenvalue weighted by Gasteiger charge is 2.12. The highest BCUT2D eigenvalue weighted by Crippen LogP contribution is 2.12. The minimum Gasteiger partial charge on any atom is -0.383 e. The number of rotatable bonds is 8. The third kappa shape index (κ3) is 4.67. The van der Waals surface area contributed by atoms with Crippen molar-refractivity contribution in [2.45, 2.75) is 53.1 Å². The molecule has 19 heavy (non-hydrogen) atoms. The van der Waals surface area contributed by atoms with Crippen LogP contribution >= 0.6 is 0 Å². The summed E-state index contributed by atoms with van der Waals surface area (Å²) in [7, 11) is 1.68. The maximum absolute atomic E-state index is 11.6. The molecular weight excluding hydrogens is 242 g/mol. The summed E-state index contributed by atoms with van der Waals surface area (Å²) in [5.41, 5.74) is 3.19. The van der Waals surface area contributed by atoms with Crippen LogP contribution in [0.15, 0.2) is 0 Å². The maximum atomic E-state index is 11.6. The Morgan fingerprint density at radius 2 is 2.16 bits per heavy atom. The minimum atomic E-state index is 0.116. The number of carbonyl (C=O) groups excluding carboxylic acids is 1. The zero-order valence-corrected chi connectivity index (χ0v) is 12.5. The number of ether oxygens (including phenoxy) is 1. The van der Waals surface area contributed by atoms with E-state index in [9.17, 15) is 4.79 Å². The number of methoxy groups -OCH3 is 1. The minimum absolute atomic E-state index is 0.116. The summed E-state index contributed by atoms with van der Waals surface area (Å²) >= 11 is 0. The van der Waals surface area contributed by atoms with Gasteiger partial charge in [-0.25, -0.2) is 0 Å². The van der Waals surface area contributed by atoms with Crippen molar-refractivity contribution < 1.29 is 9.53 Å². The molecule has 1 aromatic heterocycles. The molecular formula is C14H25N3O2. The summed E-state index contributed by atoms with van der Waals surface area (Å²) < 4.78 is 7.00. The fourth-order valence-corrected chi connectivity index (χ4v) is 2.00. The van der Waals surface area contributed by atoms with Gasteiger partial charge in [0.1, 0.15) is 0 Å². The summed E-state index contributed by atoms with van der Waals surface area (Å²) in [5, 5.41) is 7.43. The topological polar surface area (TPSA) is 56.2 Å². The first-order chi connectivity index (χ1) is 9.10. The van der Waals surface area contributed by atoms with Crippen molar-refractivity contribution in [3.05, 3.63) is 17.0 Å². The van der Waals surface area contributed by atoms with Gasteiger partial charge in [-0.3, -0.25) is 9.48 Å². The number of nitrogens with zero attached hydrogens (tertiary/aromatic N) is 2. The number of carbonyl (C=O) groups is 1. The van der Waals surface area contributed by atoms with Gasteiger partial charge in [-0.05, 0) is 20.3 Å². The van der Waals surface area contributed by atoms with E-state index in [1.807, 2.05) is 18.5 Å². The smallest absolute Gasteiger partial charge is 0.220 e. The summed E-state index contributed by atoms with van der Waals surface area (Å²) in [6.45, 7) is 8.04. The largest absolute Gasteiger partial charge is 0.383 e. The zero-order chi connectivity index (χ0) is 14.3. The molecule has 0 spiro atoms. The number of hydrogen-bond acceptors (Lipinski definition) is 3. The van der Waals surface area contributed by atoms with Crippen LogP contribution in [0.25, 0.3) is 0 Å². The first-order valence-electron chi connectivity index (χ1n) is 6.88. The third-order valence-corrected chi connectivity index (χ3v) is 3.26. The molecule has 0 bridgehead atoms. The molecule has 0 unspecified atom stereocenters. The molecule has 0 fully saturated rings. The Bertz CT molecular complexity index is 413. The van der Waals surface area contributed by atoms with Crippen molar-refractivity contribution in [1.82, 2.24) is 15.1 Å². The SMILES string of the molecule is CCCCC(=O)NCc1c(C)nn(CCOC)c1C. The van der Waals surface area contributed by atoms with Crippen molar-refractivity contribution in [1.29, 1.82) is 0 Å². The van der Waals surface area contributed by atoms with E-state index >= 15 is 0 Å². The summed E-state index contributed by atoms with van der Waals surface area (Å²) in [6.07, 6.45) is 2.59. The quantitative estimate of drug-likeness (QED) is 0.783. The van der Waals surface area contributed by atoms with Gasteiger partial charge in [0.25, 0.3) is 0 Å². The average Bonchev–Trinajstić information content (AvgIpc) is 2.66. The van der Waals surface area contributed by atoms with Gasteiger partial charge in [-0.2, -0.15) is 5.10 Å². The second-order valence-electron chi connectivity index (χ2n) is 4.75.